The lowest BCUT2D eigenvalue weighted by Gasteiger charge is -2.05. The summed E-state index contributed by atoms with van der Waals surface area (Å²) in [6.07, 6.45) is 19.9. The zero-order chi connectivity index (χ0) is 17.1. The lowest BCUT2D eigenvalue weighted by atomic mass is 10.0. The van der Waals surface area contributed by atoms with Crippen LogP contribution in [-0.4, -0.2) is 29.3 Å². The van der Waals surface area contributed by atoms with Crippen LogP contribution in [0.4, 0.5) is 5.95 Å². The van der Waals surface area contributed by atoms with E-state index in [4.69, 9.17) is 5.73 Å². The van der Waals surface area contributed by atoms with E-state index in [1.165, 1.54) is 38.5 Å². The molecule has 7 nitrogen and oxygen atoms in total. The highest BCUT2D eigenvalue weighted by molar-refractivity contribution is 5.93. The first-order valence-corrected chi connectivity index (χ1v) is 8.70. The molecule has 4 aromatic heterocycles. The highest BCUT2D eigenvalue weighted by atomic mass is 15.1. The van der Waals surface area contributed by atoms with Crippen molar-refractivity contribution in [3.8, 4) is 11.1 Å². The summed E-state index contributed by atoms with van der Waals surface area (Å²) in [6.45, 7) is 0. The van der Waals surface area contributed by atoms with Gasteiger partial charge in [0, 0.05) is 53.7 Å². The molecular weight excluding hydrogens is 314 g/mol. The lowest BCUT2D eigenvalue weighted by molar-refractivity contribution is 0.504. The number of aromatic amines is 1. The smallest absolute Gasteiger partial charge is 0.233 e. The Morgan fingerprint density at radius 1 is 0.960 bits per heavy atom. The molecule has 0 amide bonds. The molecule has 1 aliphatic rings. The van der Waals surface area contributed by atoms with Crippen LogP contribution in [0, 0.1) is 0 Å². The minimum Gasteiger partial charge on any atom is -0.368 e. The molecule has 0 spiro atoms. The van der Waals surface area contributed by atoms with Gasteiger partial charge in [-0.05, 0) is 0 Å². The van der Waals surface area contributed by atoms with Crippen molar-refractivity contribution in [1.82, 2.24) is 29.3 Å². The molecule has 4 heterocycles. The van der Waals surface area contributed by atoms with Crippen molar-refractivity contribution in [2.24, 2.45) is 0 Å². The number of hydrogen-bond acceptors (Lipinski definition) is 5. The Kier molecular flexibility index (Phi) is 4.28. The first kappa shape index (κ1) is 15.6. The lowest BCUT2D eigenvalue weighted by Crippen LogP contribution is -1.93. The maximum absolute atomic E-state index is 5.57. The molecule has 0 atom stereocenters. The van der Waals surface area contributed by atoms with Crippen LogP contribution < -0.4 is 5.73 Å². The summed E-state index contributed by atoms with van der Waals surface area (Å²) in [7, 11) is 0. The van der Waals surface area contributed by atoms with E-state index in [9.17, 15) is 0 Å². The van der Waals surface area contributed by atoms with Crippen LogP contribution in [0.5, 0.6) is 0 Å². The van der Waals surface area contributed by atoms with Crippen LogP contribution in [0.15, 0.2) is 37.2 Å². The second-order valence-corrected chi connectivity index (χ2v) is 6.29. The molecule has 1 fully saturated rings. The molecule has 7 heteroatoms. The van der Waals surface area contributed by atoms with E-state index in [2.05, 4.69) is 24.9 Å². The molecule has 0 unspecified atom stereocenters. The topological polar surface area (TPSA) is 97.8 Å². The van der Waals surface area contributed by atoms with Crippen molar-refractivity contribution in [2.75, 3.05) is 5.73 Å². The summed E-state index contributed by atoms with van der Waals surface area (Å²) in [5, 5.41) is 0.912. The fraction of sp³-hybridized carbons (Fsp3) is 0.333. The number of nitrogens with two attached hydrogens (primary N) is 1. The van der Waals surface area contributed by atoms with E-state index in [1.807, 2.05) is 23.0 Å². The summed E-state index contributed by atoms with van der Waals surface area (Å²) in [5.74, 6) is 0.924. The van der Waals surface area contributed by atoms with Crippen LogP contribution in [0.1, 0.15) is 38.5 Å². The molecule has 128 valence electrons. The van der Waals surface area contributed by atoms with E-state index >= 15 is 0 Å². The number of imidazole rings is 1. The van der Waals surface area contributed by atoms with E-state index in [1.54, 1.807) is 18.6 Å². The molecular formula is C18H21N7. The van der Waals surface area contributed by atoms with Gasteiger partial charge in [0.15, 0.2) is 0 Å². The van der Waals surface area contributed by atoms with Gasteiger partial charge >= 0.3 is 0 Å². The van der Waals surface area contributed by atoms with Crippen molar-refractivity contribution in [3.05, 3.63) is 37.2 Å². The Bertz CT molecular complexity index is 970. The predicted molar refractivity (Wildman–Crippen MR) is 98.0 cm³/mol. The van der Waals surface area contributed by atoms with Crippen molar-refractivity contribution < 1.29 is 0 Å². The average molecular weight is 335 g/mol. The quantitative estimate of drug-likeness (QED) is 0.554. The molecule has 0 bridgehead atoms. The highest BCUT2D eigenvalue weighted by Crippen LogP contribution is 2.26. The van der Waals surface area contributed by atoms with Crippen LogP contribution in [0.2, 0.25) is 0 Å². The predicted octanol–water partition coefficient (Wildman–Crippen LogP) is 3.59. The third-order valence-electron chi connectivity index (χ3n) is 4.51. The molecule has 5 rings (SSSR count). The van der Waals surface area contributed by atoms with Crippen molar-refractivity contribution in [1.29, 1.82) is 0 Å². The molecule has 1 aliphatic carbocycles. The zero-order valence-electron chi connectivity index (χ0n) is 14.0. The molecule has 0 radical (unpaired) electrons. The van der Waals surface area contributed by atoms with Gasteiger partial charge in [-0.2, -0.15) is 4.98 Å². The third-order valence-corrected chi connectivity index (χ3v) is 4.51. The number of hydrogen-bond donors (Lipinski definition) is 2. The molecule has 0 aromatic carbocycles. The number of nitrogens with one attached hydrogen (secondary N) is 1. The molecule has 25 heavy (non-hydrogen) atoms. The van der Waals surface area contributed by atoms with Gasteiger partial charge in [0.2, 0.25) is 11.7 Å². The molecule has 1 saturated carbocycles. The summed E-state index contributed by atoms with van der Waals surface area (Å²) in [5.41, 5.74) is 8.23. The maximum atomic E-state index is 5.57. The monoisotopic (exact) mass is 335 g/mol. The van der Waals surface area contributed by atoms with Crippen LogP contribution >= 0.6 is 0 Å². The Morgan fingerprint density at radius 2 is 1.72 bits per heavy atom. The Morgan fingerprint density at radius 3 is 2.48 bits per heavy atom. The van der Waals surface area contributed by atoms with Gasteiger partial charge in [-0.25, -0.2) is 15.0 Å². The van der Waals surface area contributed by atoms with Gasteiger partial charge in [-0.1, -0.05) is 38.5 Å². The van der Waals surface area contributed by atoms with Crippen LogP contribution in [0.3, 0.4) is 0 Å². The summed E-state index contributed by atoms with van der Waals surface area (Å²) < 4.78 is 1.87. The standard InChI is InChI=1S/C12H9N7.C6H12/c13-11-16-5-9-8(4-15-10(9)18-11)7-3-17-12-14-1-2-19(12)6-7;1-2-4-6-5-3-1/h1-6H,(H3,13,15,16,18);1-6H2. The second-order valence-electron chi connectivity index (χ2n) is 6.29. The van der Waals surface area contributed by atoms with Gasteiger partial charge in [0.25, 0.3) is 0 Å². The van der Waals surface area contributed by atoms with E-state index < -0.39 is 0 Å². The molecule has 4 aromatic rings. The number of aromatic nitrogens is 6. The third kappa shape index (κ3) is 3.31. The van der Waals surface area contributed by atoms with Gasteiger partial charge < -0.3 is 10.7 Å². The van der Waals surface area contributed by atoms with E-state index in [0.717, 1.165) is 16.5 Å². The number of H-pyrrole nitrogens is 1. The van der Waals surface area contributed by atoms with Gasteiger partial charge in [0.05, 0.1) is 0 Å². The van der Waals surface area contributed by atoms with Crippen LogP contribution in [0.25, 0.3) is 27.9 Å². The highest BCUT2D eigenvalue weighted by Gasteiger charge is 2.09. The Labute approximate surface area is 145 Å². The molecule has 0 saturated heterocycles. The van der Waals surface area contributed by atoms with Gasteiger partial charge in [-0.3, -0.25) is 4.40 Å². The summed E-state index contributed by atoms with van der Waals surface area (Å²) >= 11 is 0. The minimum absolute atomic E-state index is 0.254. The zero-order valence-corrected chi connectivity index (χ0v) is 14.0. The number of nitrogens with zero attached hydrogens (tertiary/aromatic N) is 5. The summed E-state index contributed by atoms with van der Waals surface area (Å²) in [4.78, 5) is 19.7. The largest absolute Gasteiger partial charge is 0.368 e. The van der Waals surface area contributed by atoms with Gasteiger partial charge in [0.1, 0.15) is 5.65 Å². The number of nitrogen functional groups attached to an aromatic ring is 1. The van der Waals surface area contributed by atoms with Gasteiger partial charge in [-0.15, -0.1) is 0 Å². The SMILES string of the molecule is C1CCCCC1.Nc1ncc2c(-c3cnc4nccn4c3)c[nH]c2n1. The van der Waals surface area contributed by atoms with E-state index in [-0.39, 0.29) is 5.95 Å². The number of anilines is 1. The number of rotatable bonds is 1. The molecule has 3 N–H and O–H groups in total. The molecule has 0 aliphatic heterocycles. The van der Waals surface area contributed by atoms with Crippen molar-refractivity contribution in [2.45, 2.75) is 38.5 Å². The normalized spacial score (nSPS) is 14.4. The van der Waals surface area contributed by atoms with Crippen molar-refractivity contribution >= 4 is 22.8 Å². The number of fused-ring (bicyclic) bond motifs is 2. The maximum Gasteiger partial charge on any atom is 0.233 e. The second kappa shape index (κ2) is 6.88. The van der Waals surface area contributed by atoms with Crippen LogP contribution in [-0.2, 0) is 0 Å². The Hall–Kier alpha value is -2.96. The first-order valence-electron chi connectivity index (χ1n) is 8.70. The summed E-state index contributed by atoms with van der Waals surface area (Å²) in [6, 6.07) is 0. The van der Waals surface area contributed by atoms with Crippen molar-refractivity contribution in [3.63, 3.8) is 0 Å². The first-order chi connectivity index (χ1) is 12.3. The Balaban J connectivity index is 0.000000223. The van der Waals surface area contributed by atoms with E-state index in [0.29, 0.717) is 11.4 Å². The fourth-order valence-corrected chi connectivity index (χ4v) is 3.18. The fourth-order valence-electron chi connectivity index (χ4n) is 3.18. The average Bonchev–Trinajstić information content (AvgIpc) is 3.29. The minimum atomic E-state index is 0.254.